The Hall–Kier alpha value is -1.22. The summed E-state index contributed by atoms with van der Waals surface area (Å²) in [6.07, 6.45) is 1.05. The molecule has 92 valence electrons. The van der Waals surface area contributed by atoms with Crippen LogP contribution >= 0.6 is 11.6 Å². The number of aryl methyl sites for hydroxylation is 1. The first-order valence-electron chi connectivity index (χ1n) is 5.75. The Kier molecular flexibility index (Phi) is 3.04. The van der Waals surface area contributed by atoms with Crippen LogP contribution in [0.4, 0.5) is 10.5 Å². The quantitative estimate of drug-likeness (QED) is 0.813. The fraction of sp³-hybridized carbons (Fsp3) is 0.462. The van der Waals surface area contributed by atoms with E-state index in [0.717, 1.165) is 24.2 Å². The molecule has 0 bridgehead atoms. The molecule has 0 aliphatic carbocycles. The number of benzene rings is 1. The van der Waals surface area contributed by atoms with Crippen molar-refractivity contribution in [3.63, 3.8) is 0 Å². The Balaban J connectivity index is 2.06. The highest BCUT2D eigenvalue weighted by Crippen LogP contribution is 2.30. The Morgan fingerprint density at radius 2 is 2.18 bits per heavy atom. The van der Waals surface area contributed by atoms with Crippen LogP contribution < -0.4 is 5.32 Å². The molecule has 3 nitrogen and oxygen atoms in total. The van der Waals surface area contributed by atoms with Gasteiger partial charge in [0.05, 0.1) is 0 Å². The van der Waals surface area contributed by atoms with E-state index in [-0.39, 0.29) is 11.6 Å². The maximum atomic E-state index is 12.0. The molecule has 4 heteroatoms. The minimum Gasteiger partial charge on any atom is -0.319 e. The second kappa shape index (κ2) is 4.22. The van der Waals surface area contributed by atoms with Crippen LogP contribution in [0.2, 0.25) is 5.02 Å². The fourth-order valence-corrected chi connectivity index (χ4v) is 2.09. The Morgan fingerprint density at radius 3 is 2.65 bits per heavy atom. The topological polar surface area (TPSA) is 32.3 Å². The van der Waals surface area contributed by atoms with E-state index in [2.05, 4.69) is 19.2 Å². The molecule has 2 amide bonds. The number of amides is 2. The van der Waals surface area contributed by atoms with Gasteiger partial charge in [-0.05, 0) is 44.9 Å². The lowest BCUT2D eigenvalue weighted by Gasteiger charge is -2.48. The molecule has 1 heterocycles. The zero-order chi connectivity index (χ0) is 12.6. The normalized spacial score (nSPS) is 17.5. The first-order chi connectivity index (χ1) is 7.90. The van der Waals surface area contributed by atoms with Gasteiger partial charge in [-0.15, -0.1) is 0 Å². The number of nitrogens with one attached hydrogen (secondary N) is 1. The first-order valence-corrected chi connectivity index (χ1v) is 6.13. The van der Waals surface area contributed by atoms with Crippen molar-refractivity contribution >= 4 is 23.3 Å². The monoisotopic (exact) mass is 252 g/mol. The Labute approximate surface area is 107 Å². The van der Waals surface area contributed by atoms with Gasteiger partial charge in [-0.25, -0.2) is 4.79 Å². The molecule has 0 unspecified atom stereocenters. The van der Waals surface area contributed by atoms with Crippen molar-refractivity contribution in [3.05, 3.63) is 28.8 Å². The number of halogens is 1. The third-order valence-corrected chi connectivity index (χ3v) is 3.75. The smallest absolute Gasteiger partial charge is 0.319 e. The van der Waals surface area contributed by atoms with Gasteiger partial charge < -0.3 is 10.2 Å². The first kappa shape index (κ1) is 12.2. The van der Waals surface area contributed by atoms with Crippen molar-refractivity contribution in [1.29, 1.82) is 0 Å². The van der Waals surface area contributed by atoms with Gasteiger partial charge >= 0.3 is 6.03 Å². The number of carbonyl (C=O) groups excluding carboxylic acids is 1. The summed E-state index contributed by atoms with van der Waals surface area (Å²) in [6, 6.07) is 5.49. The minimum absolute atomic E-state index is 0.0292. The number of carbonyl (C=O) groups is 1. The summed E-state index contributed by atoms with van der Waals surface area (Å²) >= 11 is 6.02. The molecule has 1 N–H and O–H groups in total. The molecule has 1 aromatic carbocycles. The fourth-order valence-electron chi connectivity index (χ4n) is 1.91. The van der Waals surface area contributed by atoms with Crippen LogP contribution in [0, 0.1) is 6.92 Å². The van der Waals surface area contributed by atoms with Crippen molar-refractivity contribution in [2.45, 2.75) is 32.7 Å². The highest BCUT2D eigenvalue weighted by atomic mass is 35.5. The summed E-state index contributed by atoms with van der Waals surface area (Å²) in [4.78, 5) is 13.8. The van der Waals surface area contributed by atoms with E-state index in [1.807, 2.05) is 24.0 Å². The van der Waals surface area contributed by atoms with E-state index in [9.17, 15) is 4.79 Å². The minimum atomic E-state index is -0.0545. The van der Waals surface area contributed by atoms with E-state index < -0.39 is 0 Å². The number of nitrogens with zero attached hydrogens (tertiary/aromatic N) is 1. The van der Waals surface area contributed by atoms with Crippen LogP contribution in [-0.2, 0) is 0 Å². The highest BCUT2D eigenvalue weighted by molar-refractivity contribution is 6.31. The summed E-state index contributed by atoms with van der Waals surface area (Å²) < 4.78 is 0. The van der Waals surface area contributed by atoms with Gasteiger partial charge in [0, 0.05) is 22.8 Å². The molecule has 0 atom stereocenters. The molecule has 1 aromatic rings. The number of rotatable bonds is 1. The largest absolute Gasteiger partial charge is 0.322 e. The molecule has 0 spiro atoms. The molecule has 0 saturated carbocycles. The lowest BCUT2D eigenvalue weighted by Crippen LogP contribution is -2.59. The van der Waals surface area contributed by atoms with E-state index in [1.54, 1.807) is 6.07 Å². The van der Waals surface area contributed by atoms with Crippen molar-refractivity contribution in [2.75, 3.05) is 11.9 Å². The van der Waals surface area contributed by atoms with Gasteiger partial charge in [-0.3, -0.25) is 0 Å². The molecule has 17 heavy (non-hydrogen) atoms. The van der Waals surface area contributed by atoms with Crippen molar-refractivity contribution in [1.82, 2.24) is 4.90 Å². The van der Waals surface area contributed by atoms with Gasteiger partial charge in [0.15, 0.2) is 0 Å². The number of hydrogen-bond donors (Lipinski definition) is 1. The van der Waals surface area contributed by atoms with Crippen molar-refractivity contribution in [2.24, 2.45) is 0 Å². The standard InChI is InChI=1S/C13H17ClN2O/c1-9-4-5-10(8-11(9)14)15-12(17)16-7-6-13(16,2)3/h4-5,8H,6-7H2,1-3H3,(H,15,17). The maximum absolute atomic E-state index is 12.0. The van der Waals surface area contributed by atoms with Crippen molar-refractivity contribution < 1.29 is 4.79 Å². The molecule has 1 saturated heterocycles. The highest BCUT2D eigenvalue weighted by Gasteiger charge is 2.39. The predicted octanol–water partition coefficient (Wildman–Crippen LogP) is 3.66. The van der Waals surface area contributed by atoms with Gasteiger partial charge in [0.1, 0.15) is 0 Å². The third-order valence-electron chi connectivity index (χ3n) is 3.35. The van der Waals surface area contributed by atoms with Crippen LogP contribution in [0.5, 0.6) is 0 Å². The van der Waals surface area contributed by atoms with Gasteiger partial charge in [0.2, 0.25) is 0 Å². The maximum Gasteiger partial charge on any atom is 0.322 e. The van der Waals surface area contributed by atoms with E-state index >= 15 is 0 Å². The summed E-state index contributed by atoms with van der Waals surface area (Å²) in [5.74, 6) is 0. The molecule has 1 aliphatic rings. The molecule has 0 aromatic heterocycles. The second-order valence-corrected chi connectivity index (χ2v) is 5.52. The molecule has 2 rings (SSSR count). The van der Waals surface area contributed by atoms with Crippen LogP contribution in [0.1, 0.15) is 25.8 Å². The van der Waals surface area contributed by atoms with Crippen LogP contribution in [0.3, 0.4) is 0 Å². The summed E-state index contributed by atoms with van der Waals surface area (Å²) in [5.41, 5.74) is 1.72. The number of likely N-dealkylation sites (tertiary alicyclic amines) is 1. The van der Waals surface area contributed by atoms with Gasteiger partial charge in [-0.1, -0.05) is 17.7 Å². The zero-order valence-corrected chi connectivity index (χ0v) is 11.1. The number of anilines is 1. The Bertz CT molecular complexity index is 457. The van der Waals surface area contributed by atoms with E-state index in [0.29, 0.717) is 5.02 Å². The third kappa shape index (κ3) is 2.39. The van der Waals surface area contributed by atoms with E-state index in [1.165, 1.54) is 0 Å². The summed E-state index contributed by atoms with van der Waals surface area (Å²) in [7, 11) is 0. The number of hydrogen-bond acceptors (Lipinski definition) is 1. The number of urea groups is 1. The second-order valence-electron chi connectivity index (χ2n) is 5.11. The molecule has 0 radical (unpaired) electrons. The lowest BCUT2D eigenvalue weighted by atomic mass is 9.89. The summed E-state index contributed by atoms with van der Waals surface area (Å²) in [6.45, 7) is 6.89. The average Bonchev–Trinajstić information content (AvgIpc) is 2.22. The molecular weight excluding hydrogens is 236 g/mol. The Morgan fingerprint density at radius 1 is 1.47 bits per heavy atom. The lowest BCUT2D eigenvalue weighted by molar-refractivity contribution is 0.0611. The van der Waals surface area contributed by atoms with Crippen LogP contribution in [0.15, 0.2) is 18.2 Å². The van der Waals surface area contributed by atoms with Crippen LogP contribution in [0.25, 0.3) is 0 Å². The van der Waals surface area contributed by atoms with Gasteiger partial charge in [-0.2, -0.15) is 0 Å². The van der Waals surface area contributed by atoms with E-state index in [4.69, 9.17) is 11.6 Å². The SMILES string of the molecule is Cc1ccc(NC(=O)N2CCC2(C)C)cc1Cl. The summed E-state index contributed by atoms with van der Waals surface area (Å²) in [5, 5.41) is 3.54. The predicted molar refractivity (Wildman–Crippen MR) is 70.6 cm³/mol. The van der Waals surface area contributed by atoms with Crippen molar-refractivity contribution in [3.8, 4) is 0 Å². The van der Waals surface area contributed by atoms with Gasteiger partial charge in [0.25, 0.3) is 0 Å². The van der Waals surface area contributed by atoms with Crippen LogP contribution in [-0.4, -0.2) is 23.0 Å². The molecule has 1 aliphatic heterocycles. The zero-order valence-electron chi connectivity index (χ0n) is 10.4. The molecule has 1 fully saturated rings. The average molecular weight is 253 g/mol. The molecular formula is C13H17ClN2O.